The molecular weight excluding hydrogens is 276 g/mol. The summed E-state index contributed by atoms with van der Waals surface area (Å²) < 4.78 is 4.89. The maximum absolute atomic E-state index is 12.1. The van der Waals surface area contributed by atoms with Gasteiger partial charge in [0, 0.05) is 20.2 Å². The number of rotatable bonds is 8. The molecule has 3 N–H and O–H groups in total. The quantitative estimate of drug-likeness (QED) is 0.647. The average Bonchev–Trinajstić information content (AvgIpc) is 2.49. The Hall–Kier alpha value is -2.12. The van der Waals surface area contributed by atoms with Gasteiger partial charge in [0.05, 0.1) is 13.2 Å². The first-order valence-electron chi connectivity index (χ1n) is 6.53. The Labute approximate surface area is 123 Å². The molecule has 0 saturated carbocycles. The summed E-state index contributed by atoms with van der Waals surface area (Å²) in [7, 11) is 1.50. The number of ether oxygens (including phenoxy) is 1. The van der Waals surface area contributed by atoms with E-state index in [2.05, 4.69) is 5.32 Å². The number of carboxylic acids is 1. The van der Waals surface area contributed by atoms with Gasteiger partial charge in [-0.05, 0) is 5.56 Å². The minimum Gasteiger partial charge on any atom is -0.479 e. The molecule has 1 aromatic carbocycles. The van der Waals surface area contributed by atoms with Crippen molar-refractivity contribution >= 4 is 12.0 Å². The molecule has 0 aliphatic carbocycles. The van der Waals surface area contributed by atoms with E-state index in [0.717, 1.165) is 0 Å². The second-order valence-corrected chi connectivity index (χ2v) is 4.33. The number of aliphatic carboxylic acids is 1. The number of carboxylic acid groups (broad SMARTS) is 1. The summed E-state index contributed by atoms with van der Waals surface area (Å²) in [6, 6.07) is 6.73. The normalized spacial score (nSPS) is 11.7. The number of nitrogens with one attached hydrogen (secondary N) is 1. The molecule has 0 heterocycles. The van der Waals surface area contributed by atoms with E-state index < -0.39 is 18.0 Å². The number of aliphatic hydroxyl groups excluding tert-OH is 1. The largest absolute Gasteiger partial charge is 0.479 e. The van der Waals surface area contributed by atoms with Crippen molar-refractivity contribution < 1.29 is 24.5 Å². The van der Waals surface area contributed by atoms with Crippen LogP contribution in [0.4, 0.5) is 4.79 Å². The number of methoxy groups -OCH3 is 1. The number of urea groups is 1. The number of hydrogen-bond acceptors (Lipinski definition) is 4. The van der Waals surface area contributed by atoms with Crippen LogP contribution in [0.2, 0.25) is 0 Å². The van der Waals surface area contributed by atoms with Gasteiger partial charge in [0.2, 0.25) is 0 Å². The smallest absolute Gasteiger partial charge is 0.330 e. The van der Waals surface area contributed by atoms with Crippen molar-refractivity contribution in [2.24, 2.45) is 0 Å². The summed E-state index contributed by atoms with van der Waals surface area (Å²) in [4.78, 5) is 24.7. The predicted octanol–water partition coefficient (Wildman–Crippen LogP) is 0.463. The third-order valence-corrected chi connectivity index (χ3v) is 2.87. The third-order valence-electron chi connectivity index (χ3n) is 2.87. The zero-order chi connectivity index (χ0) is 15.7. The van der Waals surface area contributed by atoms with E-state index in [-0.39, 0.29) is 19.7 Å². The minimum atomic E-state index is -1.15. The molecule has 0 aliphatic heterocycles. The van der Waals surface area contributed by atoms with Crippen molar-refractivity contribution in [3.63, 3.8) is 0 Å². The molecule has 0 aromatic heterocycles. The maximum Gasteiger partial charge on any atom is 0.330 e. The van der Waals surface area contributed by atoms with Crippen LogP contribution in [0.5, 0.6) is 0 Å². The van der Waals surface area contributed by atoms with Gasteiger partial charge in [-0.25, -0.2) is 9.59 Å². The summed E-state index contributed by atoms with van der Waals surface area (Å²) in [6.07, 6.45) is 0. The number of nitrogens with zero attached hydrogens (tertiary/aromatic N) is 1. The van der Waals surface area contributed by atoms with Crippen LogP contribution in [0.3, 0.4) is 0 Å². The van der Waals surface area contributed by atoms with Gasteiger partial charge in [-0.2, -0.15) is 0 Å². The van der Waals surface area contributed by atoms with Gasteiger partial charge >= 0.3 is 12.0 Å². The van der Waals surface area contributed by atoms with E-state index in [1.54, 1.807) is 30.3 Å². The van der Waals surface area contributed by atoms with E-state index in [4.69, 9.17) is 9.84 Å². The van der Waals surface area contributed by atoms with Gasteiger partial charge in [-0.15, -0.1) is 0 Å². The van der Waals surface area contributed by atoms with Crippen LogP contribution in [0.1, 0.15) is 11.6 Å². The first-order valence-corrected chi connectivity index (χ1v) is 6.53. The Morgan fingerprint density at radius 1 is 1.29 bits per heavy atom. The van der Waals surface area contributed by atoms with Gasteiger partial charge in [0.15, 0.2) is 6.04 Å². The van der Waals surface area contributed by atoms with E-state index >= 15 is 0 Å². The fourth-order valence-corrected chi connectivity index (χ4v) is 1.78. The topological polar surface area (TPSA) is 99.1 Å². The average molecular weight is 296 g/mol. The highest BCUT2D eigenvalue weighted by atomic mass is 16.5. The highest BCUT2D eigenvalue weighted by Crippen LogP contribution is 2.13. The zero-order valence-electron chi connectivity index (χ0n) is 11.9. The van der Waals surface area contributed by atoms with Crippen LogP contribution in [-0.2, 0) is 9.53 Å². The summed E-state index contributed by atoms with van der Waals surface area (Å²) in [5.41, 5.74) is 0.481. The lowest BCUT2D eigenvalue weighted by atomic mass is 10.1. The van der Waals surface area contributed by atoms with E-state index in [1.165, 1.54) is 12.0 Å². The molecule has 0 unspecified atom stereocenters. The summed E-state index contributed by atoms with van der Waals surface area (Å²) >= 11 is 0. The van der Waals surface area contributed by atoms with Crippen LogP contribution < -0.4 is 5.32 Å². The zero-order valence-corrected chi connectivity index (χ0v) is 11.9. The predicted molar refractivity (Wildman–Crippen MR) is 75.9 cm³/mol. The summed E-state index contributed by atoms with van der Waals surface area (Å²) in [5, 5.41) is 20.7. The summed E-state index contributed by atoms with van der Waals surface area (Å²) in [6.45, 7) is 0.469. The number of carbonyl (C=O) groups is 2. The number of aliphatic hydroxyl groups is 1. The molecule has 0 spiro atoms. The molecule has 1 rings (SSSR count). The van der Waals surface area contributed by atoms with Gasteiger partial charge < -0.3 is 25.2 Å². The Morgan fingerprint density at radius 2 is 1.95 bits per heavy atom. The molecule has 0 aliphatic rings. The highest BCUT2D eigenvalue weighted by Gasteiger charge is 2.24. The number of amides is 2. The first kappa shape index (κ1) is 16.9. The van der Waals surface area contributed by atoms with Gasteiger partial charge in [-0.3, -0.25) is 0 Å². The number of benzene rings is 1. The maximum atomic E-state index is 12.1. The highest BCUT2D eigenvalue weighted by molar-refractivity contribution is 5.83. The van der Waals surface area contributed by atoms with Crippen molar-refractivity contribution in [3.05, 3.63) is 35.9 Å². The molecule has 1 aromatic rings. The van der Waals surface area contributed by atoms with Gasteiger partial charge in [0.1, 0.15) is 0 Å². The Bertz CT molecular complexity index is 452. The lowest BCUT2D eigenvalue weighted by Crippen LogP contribution is -2.46. The molecule has 1 atom stereocenters. The molecule has 0 bridgehead atoms. The SMILES string of the molecule is COCCN(CCO)C(=O)N[C@H](C(=O)O)c1ccccc1. The van der Waals surface area contributed by atoms with Gasteiger partial charge in [-0.1, -0.05) is 30.3 Å². The fraction of sp³-hybridized carbons (Fsp3) is 0.429. The second kappa shape index (κ2) is 8.93. The molecule has 116 valence electrons. The molecule has 0 saturated heterocycles. The molecule has 2 amide bonds. The van der Waals surface area contributed by atoms with Crippen LogP contribution >= 0.6 is 0 Å². The molecule has 21 heavy (non-hydrogen) atoms. The second-order valence-electron chi connectivity index (χ2n) is 4.33. The molecule has 0 fully saturated rings. The number of carbonyl (C=O) groups excluding carboxylic acids is 1. The van der Waals surface area contributed by atoms with Crippen LogP contribution in [0.25, 0.3) is 0 Å². The van der Waals surface area contributed by atoms with Crippen molar-refractivity contribution in [2.75, 3.05) is 33.4 Å². The number of hydrogen-bond donors (Lipinski definition) is 3. The lowest BCUT2D eigenvalue weighted by molar-refractivity contribution is -0.139. The fourth-order valence-electron chi connectivity index (χ4n) is 1.78. The van der Waals surface area contributed by atoms with E-state index in [1.807, 2.05) is 0 Å². The third kappa shape index (κ3) is 5.41. The van der Waals surface area contributed by atoms with Crippen LogP contribution in [0, 0.1) is 0 Å². The molecular formula is C14H20N2O5. The van der Waals surface area contributed by atoms with Crippen LogP contribution in [0.15, 0.2) is 30.3 Å². The van der Waals surface area contributed by atoms with Gasteiger partial charge in [0.25, 0.3) is 0 Å². The van der Waals surface area contributed by atoms with E-state index in [0.29, 0.717) is 12.2 Å². The Kier molecular flexibility index (Phi) is 7.20. The lowest BCUT2D eigenvalue weighted by Gasteiger charge is -2.24. The van der Waals surface area contributed by atoms with Crippen LogP contribution in [-0.4, -0.2) is 60.5 Å². The van der Waals surface area contributed by atoms with Crippen molar-refractivity contribution in [1.82, 2.24) is 10.2 Å². The van der Waals surface area contributed by atoms with Crippen molar-refractivity contribution in [1.29, 1.82) is 0 Å². The Balaban J connectivity index is 2.77. The summed E-state index contributed by atoms with van der Waals surface area (Å²) in [5.74, 6) is -1.15. The molecule has 7 nitrogen and oxygen atoms in total. The van der Waals surface area contributed by atoms with Crippen molar-refractivity contribution in [3.8, 4) is 0 Å². The Morgan fingerprint density at radius 3 is 2.48 bits per heavy atom. The standard InChI is InChI=1S/C14H20N2O5/c1-21-10-8-16(7-9-17)14(20)15-12(13(18)19)11-5-3-2-4-6-11/h2-6,12,17H,7-10H2,1H3,(H,15,20)(H,18,19)/t12-/m0/s1. The monoisotopic (exact) mass is 296 g/mol. The van der Waals surface area contributed by atoms with E-state index in [9.17, 15) is 14.7 Å². The minimum absolute atomic E-state index is 0.107. The van der Waals surface area contributed by atoms with Crippen molar-refractivity contribution in [2.45, 2.75) is 6.04 Å². The molecule has 0 radical (unpaired) electrons. The molecule has 7 heteroatoms. The first-order chi connectivity index (χ1) is 10.1.